The zero-order valence-corrected chi connectivity index (χ0v) is 24.2. The van der Waals surface area contributed by atoms with Crippen molar-refractivity contribution in [3.8, 4) is 17.6 Å². The van der Waals surface area contributed by atoms with Gasteiger partial charge in [0.2, 0.25) is 5.91 Å². The van der Waals surface area contributed by atoms with Crippen molar-refractivity contribution in [2.75, 3.05) is 34.5 Å². The van der Waals surface area contributed by atoms with E-state index >= 15 is 0 Å². The van der Waals surface area contributed by atoms with Crippen LogP contribution in [0.15, 0.2) is 85.5 Å². The molecule has 2 unspecified atom stereocenters. The number of carbonyl (C=O) groups excluding carboxylic acids is 2. The first-order valence-electron chi connectivity index (χ1n) is 13.4. The smallest absolute Gasteiger partial charge is 0.332 e. The largest absolute Gasteiger partial charge is 0.497 e. The maximum absolute atomic E-state index is 13.2. The predicted molar refractivity (Wildman–Crippen MR) is 156 cm³/mol. The van der Waals surface area contributed by atoms with Crippen LogP contribution in [-0.2, 0) is 24.7 Å². The number of ether oxygens (including phenoxy) is 4. The summed E-state index contributed by atoms with van der Waals surface area (Å²) in [6, 6.07) is 16.0. The third-order valence-corrected chi connectivity index (χ3v) is 7.48. The minimum Gasteiger partial charge on any atom is -0.497 e. The summed E-state index contributed by atoms with van der Waals surface area (Å²) >= 11 is 0. The minimum atomic E-state index is -1.12. The van der Waals surface area contributed by atoms with Crippen LogP contribution in [0.25, 0.3) is 0 Å². The number of amides is 1. The van der Waals surface area contributed by atoms with Gasteiger partial charge in [0.1, 0.15) is 23.2 Å². The molecule has 8 heteroatoms. The van der Waals surface area contributed by atoms with Gasteiger partial charge in [0.05, 0.1) is 20.8 Å². The van der Waals surface area contributed by atoms with Crippen molar-refractivity contribution in [2.45, 2.75) is 37.8 Å². The lowest BCUT2D eigenvalue weighted by molar-refractivity contribution is -0.162. The van der Waals surface area contributed by atoms with Crippen molar-refractivity contribution in [3.63, 3.8) is 0 Å². The Morgan fingerprint density at radius 2 is 1.66 bits per heavy atom. The first kappa shape index (κ1) is 31.2. The van der Waals surface area contributed by atoms with E-state index in [1.807, 2.05) is 66.8 Å². The summed E-state index contributed by atoms with van der Waals surface area (Å²) < 4.78 is 23.0. The fourth-order valence-electron chi connectivity index (χ4n) is 5.11. The highest BCUT2D eigenvalue weighted by atomic mass is 16.5. The second kappa shape index (κ2) is 14.3. The van der Waals surface area contributed by atoms with Crippen LogP contribution in [0.3, 0.4) is 0 Å². The van der Waals surface area contributed by atoms with Gasteiger partial charge in [-0.2, -0.15) is 5.26 Å². The van der Waals surface area contributed by atoms with Gasteiger partial charge < -0.3 is 23.8 Å². The van der Waals surface area contributed by atoms with E-state index in [9.17, 15) is 9.59 Å². The Bertz CT molecular complexity index is 1240. The number of nitriles is 1. The number of benzene rings is 2. The van der Waals surface area contributed by atoms with Crippen LogP contribution >= 0.6 is 0 Å². The van der Waals surface area contributed by atoms with Crippen LogP contribution in [0.5, 0.6) is 11.5 Å². The monoisotopic (exact) mass is 558 g/mol. The van der Waals surface area contributed by atoms with Crippen molar-refractivity contribution in [2.24, 2.45) is 5.41 Å². The zero-order valence-electron chi connectivity index (χ0n) is 24.2. The molecule has 0 spiro atoms. The number of hydrogen-bond donors (Lipinski definition) is 0. The average Bonchev–Trinajstić information content (AvgIpc) is 3.01. The molecule has 2 aromatic carbocycles. The van der Waals surface area contributed by atoms with Gasteiger partial charge in [0.25, 0.3) is 0 Å². The number of methoxy groups -OCH3 is 2. The Hall–Kier alpha value is -4.35. The van der Waals surface area contributed by atoms with Gasteiger partial charge in [0, 0.05) is 18.9 Å². The first-order chi connectivity index (χ1) is 19.8. The van der Waals surface area contributed by atoms with Crippen molar-refractivity contribution < 1.29 is 28.5 Å². The molecule has 216 valence electrons. The van der Waals surface area contributed by atoms with Crippen LogP contribution in [0.2, 0.25) is 0 Å². The molecule has 3 rings (SSSR count). The lowest BCUT2D eigenvalue weighted by Gasteiger charge is -2.49. The number of hydrogen-bond acceptors (Lipinski definition) is 7. The van der Waals surface area contributed by atoms with E-state index in [2.05, 4.69) is 25.7 Å². The second-order valence-electron chi connectivity index (χ2n) is 9.97. The molecule has 8 nitrogen and oxygen atoms in total. The SMILES string of the molecule is C=CCCC(=O)N(C)C(COC(c1ccc(OC)cc1)(c1ccc(OC)cc1)C1(C)C=CC=CC1)C(=O)OCC#N. The van der Waals surface area contributed by atoms with Gasteiger partial charge in [-0.3, -0.25) is 4.79 Å². The second-order valence-corrected chi connectivity index (χ2v) is 9.97. The normalized spacial score (nSPS) is 16.8. The molecule has 0 aromatic heterocycles. The topological polar surface area (TPSA) is 98.1 Å². The van der Waals surface area contributed by atoms with E-state index < -0.39 is 29.6 Å². The van der Waals surface area contributed by atoms with Crippen LogP contribution in [-0.4, -0.2) is 57.3 Å². The summed E-state index contributed by atoms with van der Waals surface area (Å²) in [4.78, 5) is 27.5. The molecule has 0 radical (unpaired) electrons. The molecule has 1 amide bonds. The third kappa shape index (κ3) is 6.87. The Balaban J connectivity index is 2.18. The molecule has 2 atom stereocenters. The highest BCUT2D eigenvalue weighted by Crippen LogP contribution is 2.53. The van der Waals surface area contributed by atoms with Crippen LogP contribution in [0.4, 0.5) is 0 Å². The summed E-state index contributed by atoms with van der Waals surface area (Å²) in [6.45, 7) is 5.16. The summed E-state index contributed by atoms with van der Waals surface area (Å²) in [6.07, 6.45) is 11.1. The summed E-state index contributed by atoms with van der Waals surface area (Å²) in [7, 11) is 4.75. The number of nitrogens with zero attached hydrogens (tertiary/aromatic N) is 2. The average molecular weight is 559 g/mol. The summed E-state index contributed by atoms with van der Waals surface area (Å²) in [5, 5.41) is 9.02. The van der Waals surface area contributed by atoms with Crippen molar-refractivity contribution in [1.82, 2.24) is 4.90 Å². The minimum absolute atomic E-state index is 0.176. The standard InChI is InChI=1S/C33H38N2O6/c1-6-7-11-30(36)35(3)29(31(37)40-23-22-34)24-41-33(32(2)20-9-8-10-21-32,25-12-16-27(38-4)17-13-25)26-14-18-28(39-5)19-15-26/h6,8-10,12-20,29H,1,7,11,21,23-24H2,2-5H3. The molecule has 41 heavy (non-hydrogen) atoms. The van der Waals surface area contributed by atoms with Gasteiger partial charge in [-0.05, 0) is 48.2 Å². The van der Waals surface area contributed by atoms with Gasteiger partial charge in [-0.1, -0.05) is 61.6 Å². The molecular weight excluding hydrogens is 520 g/mol. The van der Waals surface area contributed by atoms with Gasteiger partial charge in [-0.15, -0.1) is 6.58 Å². The van der Waals surface area contributed by atoms with Crippen LogP contribution < -0.4 is 9.47 Å². The molecule has 0 fully saturated rings. The predicted octanol–water partition coefficient (Wildman–Crippen LogP) is 5.35. The molecule has 0 saturated carbocycles. The maximum Gasteiger partial charge on any atom is 0.332 e. The molecule has 0 saturated heterocycles. The zero-order chi connectivity index (χ0) is 29.9. The Morgan fingerprint density at radius 3 is 2.12 bits per heavy atom. The Kier molecular flexibility index (Phi) is 10.9. The van der Waals surface area contributed by atoms with Gasteiger partial charge in [-0.25, -0.2) is 4.79 Å². The summed E-state index contributed by atoms with van der Waals surface area (Å²) in [5.41, 5.74) is -0.0744. The number of allylic oxidation sites excluding steroid dienone is 4. The number of rotatable bonds is 14. The van der Waals surface area contributed by atoms with Crippen molar-refractivity contribution in [1.29, 1.82) is 5.26 Å². The highest BCUT2D eigenvalue weighted by molar-refractivity contribution is 5.84. The third-order valence-electron chi connectivity index (χ3n) is 7.48. The van der Waals surface area contributed by atoms with Crippen molar-refractivity contribution >= 4 is 11.9 Å². The Labute approximate surface area is 242 Å². The van der Waals surface area contributed by atoms with E-state index in [1.54, 1.807) is 27.3 Å². The van der Waals surface area contributed by atoms with Crippen molar-refractivity contribution in [3.05, 3.63) is 96.6 Å². The lowest BCUT2D eigenvalue weighted by atomic mass is 9.63. The van der Waals surface area contributed by atoms with E-state index in [1.165, 1.54) is 4.90 Å². The summed E-state index contributed by atoms with van der Waals surface area (Å²) in [5.74, 6) is 0.390. The molecular formula is C33H38N2O6. The molecule has 0 bridgehead atoms. The molecule has 1 aliphatic rings. The number of esters is 1. The molecule has 1 aliphatic carbocycles. The molecule has 2 aromatic rings. The number of carbonyl (C=O) groups is 2. The quantitative estimate of drug-likeness (QED) is 0.228. The van der Waals surface area contributed by atoms with Gasteiger partial charge in [0.15, 0.2) is 12.6 Å². The lowest BCUT2D eigenvalue weighted by Crippen LogP contribution is -2.52. The number of likely N-dealkylation sites (N-methyl/N-ethyl adjacent to an activating group) is 1. The highest BCUT2D eigenvalue weighted by Gasteiger charge is 2.51. The molecule has 0 aliphatic heterocycles. The first-order valence-corrected chi connectivity index (χ1v) is 13.4. The van der Waals surface area contributed by atoms with Gasteiger partial charge >= 0.3 is 5.97 Å². The van der Waals surface area contributed by atoms with E-state index in [-0.39, 0.29) is 18.9 Å². The van der Waals surface area contributed by atoms with E-state index in [0.29, 0.717) is 24.3 Å². The molecule has 0 heterocycles. The van der Waals surface area contributed by atoms with Crippen LogP contribution in [0.1, 0.15) is 37.3 Å². The Morgan fingerprint density at radius 1 is 1.07 bits per heavy atom. The fraction of sp³-hybridized carbons (Fsp3) is 0.364. The fourth-order valence-corrected chi connectivity index (χ4v) is 5.11. The van der Waals surface area contributed by atoms with E-state index in [0.717, 1.165) is 11.1 Å². The maximum atomic E-state index is 13.2. The van der Waals surface area contributed by atoms with E-state index in [4.69, 9.17) is 24.2 Å². The van der Waals surface area contributed by atoms with Crippen LogP contribution in [0, 0.1) is 16.7 Å². The molecule has 0 N–H and O–H groups in total.